The molecule has 1 aliphatic heterocycles. The summed E-state index contributed by atoms with van der Waals surface area (Å²) in [4.78, 5) is 14.8. The standard InChI is InChI=1S/C21H22N4O3S/c1-2-9-25-19(18-8-5-12-28-18)22-23-21(25)29-15-16-6-3-4-7-17(16)20(26)24-10-13-27-14-11-24/h2-8,12H,1,9-11,13-15H2. The largest absolute Gasteiger partial charge is 0.461 e. The maximum atomic E-state index is 13.0. The third-order valence-corrected chi connectivity index (χ3v) is 5.69. The van der Waals surface area contributed by atoms with Crippen molar-refractivity contribution in [3.63, 3.8) is 0 Å². The number of carbonyl (C=O) groups excluding carboxylic acids is 1. The van der Waals surface area contributed by atoms with Crippen molar-refractivity contribution in [3.05, 3.63) is 66.4 Å². The van der Waals surface area contributed by atoms with Gasteiger partial charge in [-0.05, 0) is 23.8 Å². The quantitative estimate of drug-likeness (QED) is 0.439. The van der Waals surface area contributed by atoms with Gasteiger partial charge in [-0.1, -0.05) is 36.0 Å². The lowest BCUT2D eigenvalue weighted by molar-refractivity contribution is 0.0302. The van der Waals surface area contributed by atoms with Gasteiger partial charge in [-0.2, -0.15) is 0 Å². The molecule has 1 saturated heterocycles. The SMILES string of the molecule is C=CCn1c(SCc2ccccc2C(=O)N2CCOCC2)nnc1-c1ccco1. The Morgan fingerprint density at radius 3 is 2.76 bits per heavy atom. The van der Waals surface area contributed by atoms with Gasteiger partial charge in [-0.3, -0.25) is 9.36 Å². The molecule has 0 aliphatic carbocycles. The predicted octanol–water partition coefficient (Wildman–Crippen LogP) is 3.49. The summed E-state index contributed by atoms with van der Waals surface area (Å²) < 4.78 is 12.8. The van der Waals surface area contributed by atoms with E-state index in [0.717, 1.165) is 16.3 Å². The lowest BCUT2D eigenvalue weighted by atomic mass is 10.1. The van der Waals surface area contributed by atoms with Gasteiger partial charge in [0.05, 0.1) is 19.5 Å². The molecule has 0 atom stereocenters. The summed E-state index contributed by atoms with van der Waals surface area (Å²) in [5.41, 5.74) is 1.70. The fourth-order valence-electron chi connectivity index (χ4n) is 3.21. The van der Waals surface area contributed by atoms with E-state index in [4.69, 9.17) is 9.15 Å². The van der Waals surface area contributed by atoms with Gasteiger partial charge in [0.25, 0.3) is 5.91 Å². The zero-order chi connectivity index (χ0) is 20.1. The Bertz CT molecular complexity index is 978. The van der Waals surface area contributed by atoms with Crippen LogP contribution in [0.25, 0.3) is 11.6 Å². The number of ether oxygens (including phenoxy) is 1. The van der Waals surface area contributed by atoms with Gasteiger partial charge in [0.1, 0.15) is 0 Å². The number of thioether (sulfide) groups is 1. The van der Waals surface area contributed by atoms with Crippen molar-refractivity contribution in [2.75, 3.05) is 26.3 Å². The first-order valence-electron chi connectivity index (χ1n) is 9.43. The van der Waals surface area contributed by atoms with Crippen LogP contribution >= 0.6 is 11.8 Å². The Hall–Kier alpha value is -2.84. The number of hydrogen-bond acceptors (Lipinski definition) is 6. The number of nitrogens with zero attached hydrogens (tertiary/aromatic N) is 4. The van der Waals surface area contributed by atoms with Gasteiger partial charge < -0.3 is 14.1 Å². The number of carbonyl (C=O) groups is 1. The molecule has 0 radical (unpaired) electrons. The molecule has 1 aromatic carbocycles. The fourth-order valence-corrected chi connectivity index (χ4v) is 4.16. The summed E-state index contributed by atoms with van der Waals surface area (Å²) >= 11 is 1.54. The van der Waals surface area contributed by atoms with Crippen molar-refractivity contribution < 1.29 is 13.9 Å². The van der Waals surface area contributed by atoms with Gasteiger partial charge in [-0.15, -0.1) is 16.8 Å². The molecule has 29 heavy (non-hydrogen) atoms. The van der Waals surface area contributed by atoms with E-state index >= 15 is 0 Å². The van der Waals surface area contributed by atoms with Crippen LogP contribution in [0, 0.1) is 0 Å². The van der Waals surface area contributed by atoms with E-state index in [1.807, 2.05) is 45.9 Å². The van der Waals surface area contributed by atoms with Gasteiger partial charge in [0.15, 0.2) is 10.9 Å². The minimum absolute atomic E-state index is 0.0494. The summed E-state index contributed by atoms with van der Waals surface area (Å²) in [6.07, 6.45) is 3.42. The third-order valence-electron chi connectivity index (χ3n) is 4.67. The topological polar surface area (TPSA) is 73.4 Å². The first-order chi connectivity index (χ1) is 14.3. The number of morpholine rings is 1. The molecule has 4 rings (SSSR count). The molecule has 0 saturated carbocycles. The molecule has 1 amide bonds. The molecule has 8 heteroatoms. The maximum absolute atomic E-state index is 13.0. The van der Waals surface area contributed by atoms with Gasteiger partial charge in [0, 0.05) is 31.0 Å². The smallest absolute Gasteiger partial charge is 0.254 e. The van der Waals surface area contributed by atoms with Gasteiger partial charge in [-0.25, -0.2) is 0 Å². The van der Waals surface area contributed by atoms with Crippen molar-refractivity contribution in [2.45, 2.75) is 17.5 Å². The van der Waals surface area contributed by atoms with Crippen molar-refractivity contribution in [2.24, 2.45) is 0 Å². The highest BCUT2D eigenvalue weighted by atomic mass is 32.2. The number of hydrogen-bond donors (Lipinski definition) is 0. The Kier molecular flexibility index (Phi) is 6.12. The summed E-state index contributed by atoms with van der Waals surface area (Å²) in [5, 5.41) is 9.36. The second-order valence-electron chi connectivity index (χ2n) is 6.53. The lowest BCUT2D eigenvalue weighted by Crippen LogP contribution is -2.41. The molecule has 3 aromatic rings. The van der Waals surface area contributed by atoms with E-state index < -0.39 is 0 Å². The second kappa shape index (κ2) is 9.11. The molecule has 0 bridgehead atoms. The van der Waals surface area contributed by atoms with E-state index in [0.29, 0.717) is 50.2 Å². The number of rotatable bonds is 7. The van der Waals surface area contributed by atoms with Crippen LogP contribution in [0.2, 0.25) is 0 Å². The monoisotopic (exact) mass is 410 g/mol. The Balaban J connectivity index is 1.54. The minimum Gasteiger partial charge on any atom is -0.461 e. The number of benzene rings is 1. The average Bonchev–Trinajstić information content (AvgIpc) is 3.43. The van der Waals surface area contributed by atoms with Crippen LogP contribution in [0.15, 0.2) is 64.9 Å². The Morgan fingerprint density at radius 1 is 1.17 bits per heavy atom. The van der Waals surface area contributed by atoms with Crippen LogP contribution in [0.3, 0.4) is 0 Å². The maximum Gasteiger partial charge on any atom is 0.254 e. The van der Waals surface area contributed by atoms with Crippen LogP contribution < -0.4 is 0 Å². The summed E-state index contributed by atoms with van der Waals surface area (Å²) in [7, 11) is 0. The van der Waals surface area contributed by atoms with Crippen LogP contribution in [0.1, 0.15) is 15.9 Å². The van der Waals surface area contributed by atoms with E-state index in [2.05, 4.69) is 16.8 Å². The van der Waals surface area contributed by atoms with E-state index in [1.165, 1.54) is 0 Å². The molecule has 1 fully saturated rings. The molecule has 7 nitrogen and oxygen atoms in total. The molecular formula is C21H22N4O3S. The normalized spacial score (nSPS) is 14.1. The van der Waals surface area contributed by atoms with Crippen molar-refractivity contribution in [1.29, 1.82) is 0 Å². The van der Waals surface area contributed by atoms with Crippen LogP contribution in [0.4, 0.5) is 0 Å². The van der Waals surface area contributed by atoms with Crippen LogP contribution in [-0.2, 0) is 17.0 Å². The number of allylic oxidation sites excluding steroid dienone is 1. The molecule has 0 unspecified atom stereocenters. The Labute approximate surface area is 173 Å². The average molecular weight is 410 g/mol. The minimum atomic E-state index is 0.0494. The first-order valence-corrected chi connectivity index (χ1v) is 10.4. The number of furan rings is 1. The molecule has 0 N–H and O–H groups in total. The molecule has 150 valence electrons. The van der Waals surface area contributed by atoms with E-state index in [9.17, 15) is 4.79 Å². The highest BCUT2D eigenvalue weighted by molar-refractivity contribution is 7.98. The molecule has 1 aliphatic rings. The third kappa shape index (κ3) is 4.28. The van der Waals surface area contributed by atoms with Crippen LogP contribution in [0.5, 0.6) is 0 Å². The summed E-state index contributed by atoms with van der Waals surface area (Å²) in [5.74, 6) is 1.98. The molecule has 2 aromatic heterocycles. The van der Waals surface area contributed by atoms with Crippen LogP contribution in [-0.4, -0.2) is 51.9 Å². The van der Waals surface area contributed by atoms with Gasteiger partial charge >= 0.3 is 0 Å². The number of amides is 1. The number of aromatic nitrogens is 3. The van der Waals surface area contributed by atoms with Gasteiger partial charge in [0.2, 0.25) is 5.82 Å². The zero-order valence-corrected chi connectivity index (χ0v) is 16.8. The van der Waals surface area contributed by atoms with Crippen molar-refractivity contribution in [3.8, 4) is 11.6 Å². The first kappa shape index (κ1) is 19.5. The summed E-state index contributed by atoms with van der Waals surface area (Å²) in [6, 6.07) is 11.4. The lowest BCUT2D eigenvalue weighted by Gasteiger charge is -2.27. The van der Waals surface area contributed by atoms with E-state index in [-0.39, 0.29) is 5.91 Å². The summed E-state index contributed by atoms with van der Waals surface area (Å²) in [6.45, 7) is 6.82. The second-order valence-corrected chi connectivity index (χ2v) is 7.48. The predicted molar refractivity (Wildman–Crippen MR) is 111 cm³/mol. The zero-order valence-electron chi connectivity index (χ0n) is 16.0. The fraction of sp³-hybridized carbons (Fsp3) is 0.286. The Morgan fingerprint density at radius 2 is 2.00 bits per heavy atom. The highest BCUT2D eigenvalue weighted by Gasteiger charge is 2.21. The molecule has 3 heterocycles. The molecular weight excluding hydrogens is 388 g/mol. The highest BCUT2D eigenvalue weighted by Crippen LogP contribution is 2.28. The van der Waals surface area contributed by atoms with E-state index in [1.54, 1.807) is 24.1 Å². The van der Waals surface area contributed by atoms with Crippen molar-refractivity contribution >= 4 is 17.7 Å². The van der Waals surface area contributed by atoms with Crippen molar-refractivity contribution in [1.82, 2.24) is 19.7 Å². The molecule has 0 spiro atoms.